The molecule has 0 aliphatic carbocycles. The number of hydrogen-bond donors (Lipinski definition) is 1. The quantitative estimate of drug-likeness (QED) is 0.581. The van der Waals surface area contributed by atoms with Crippen molar-refractivity contribution in [3.05, 3.63) is 18.0 Å². The molecule has 0 fully saturated rings. The fraction of sp³-hybridized carbons (Fsp3) is 0.615. The van der Waals surface area contributed by atoms with Crippen LogP contribution in [0, 0.1) is 0 Å². The van der Waals surface area contributed by atoms with Crippen molar-refractivity contribution in [3.63, 3.8) is 0 Å². The molecule has 0 saturated carbocycles. The van der Waals surface area contributed by atoms with Crippen LogP contribution in [0.3, 0.4) is 0 Å². The van der Waals surface area contributed by atoms with Crippen LogP contribution in [0.2, 0.25) is 0 Å². The number of amides is 1. The standard InChI is InChI=1S/C13H21ClN2O4S/c1-4-6-16-9-11(21(14,18)19)8-12(16)13(17)15-5-7-20-10(2)3/h8-10H,4-7H2,1-3H3,(H,15,17). The van der Waals surface area contributed by atoms with Crippen LogP contribution in [0.25, 0.3) is 0 Å². The van der Waals surface area contributed by atoms with Gasteiger partial charge in [0.05, 0.1) is 12.7 Å². The zero-order valence-corrected chi connectivity index (χ0v) is 14.0. The van der Waals surface area contributed by atoms with Gasteiger partial charge in [-0.25, -0.2) is 8.42 Å². The maximum absolute atomic E-state index is 12.1. The molecule has 0 radical (unpaired) electrons. The Hall–Kier alpha value is -1.05. The summed E-state index contributed by atoms with van der Waals surface area (Å²) >= 11 is 0. The summed E-state index contributed by atoms with van der Waals surface area (Å²) in [5, 5.41) is 2.70. The number of aromatic nitrogens is 1. The van der Waals surface area contributed by atoms with Crippen molar-refractivity contribution in [2.75, 3.05) is 13.2 Å². The van der Waals surface area contributed by atoms with Crippen LogP contribution in [0.4, 0.5) is 0 Å². The van der Waals surface area contributed by atoms with Gasteiger partial charge in [-0.2, -0.15) is 0 Å². The van der Waals surface area contributed by atoms with E-state index >= 15 is 0 Å². The Morgan fingerprint density at radius 3 is 2.67 bits per heavy atom. The molecule has 0 atom stereocenters. The van der Waals surface area contributed by atoms with Gasteiger partial charge in [0.15, 0.2) is 0 Å². The Bertz CT molecular complexity index is 581. The molecule has 0 unspecified atom stereocenters. The fourth-order valence-electron chi connectivity index (χ4n) is 1.78. The zero-order valence-electron chi connectivity index (χ0n) is 12.4. The van der Waals surface area contributed by atoms with E-state index in [4.69, 9.17) is 15.4 Å². The molecule has 1 heterocycles. The molecule has 0 spiro atoms. The molecule has 1 amide bonds. The molecule has 0 saturated heterocycles. The van der Waals surface area contributed by atoms with Crippen molar-refractivity contribution in [1.82, 2.24) is 9.88 Å². The van der Waals surface area contributed by atoms with Gasteiger partial charge in [-0.3, -0.25) is 4.79 Å². The van der Waals surface area contributed by atoms with Gasteiger partial charge in [0, 0.05) is 30.0 Å². The Morgan fingerprint density at radius 2 is 2.14 bits per heavy atom. The van der Waals surface area contributed by atoms with Crippen molar-refractivity contribution in [3.8, 4) is 0 Å². The summed E-state index contributed by atoms with van der Waals surface area (Å²) in [7, 11) is 1.47. The number of hydrogen-bond acceptors (Lipinski definition) is 4. The van der Waals surface area contributed by atoms with Gasteiger partial charge in [0.1, 0.15) is 10.6 Å². The Balaban J connectivity index is 2.80. The van der Waals surface area contributed by atoms with Crippen LogP contribution in [-0.4, -0.2) is 38.1 Å². The first-order chi connectivity index (χ1) is 9.75. The summed E-state index contributed by atoms with van der Waals surface area (Å²) in [6.07, 6.45) is 2.25. The van der Waals surface area contributed by atoms with Crippen LogP contribution < -0.4 is 5.32 Å². The van der Waals surface area contributed by atoms with E-state index in [0.29, 0.717) is 19.7 Å². The summed E-state index contributed by atoms with van der Waals surface area (Å²) in [4.78, 5) is 12.0. The zero-order chi connectivity index (χ0) is 16.0. The Kier molecular flexibility index (Phi) is 6.70. The molecule has 1 aromatic heterocycles. The van der Waals surface area contributed by atoms with Gasteiger partial charge in [-0.1, -0.05) is 6.92 Å². The Morgan fingerprint density at radius 1 is 1.48 bits per heavy atom. The first-order valence-electron chi connectivity index (χ1n) is 6.80. The van der Waals surface area contributed by atoms with Gasteiger partial charge in [0.25, 0.3) is 15.0 Å². The van der Waals surface area contributed by atoms with Crippen molar-refractivity contribution in [1.29, 1.82) is 0 Å². The van der Waals surface area contributed by atoms with Gasteiger partial charge in [-0.05, 0) is 26.3 Å². The molecule has 120 valence electrons. The monoisotopic (exact) mass is 336 g/mol. The minimum absolute atomic E-state index is 0.0683. The molecule has 1 aromatic rings. The number of carbonyl (C=O) groups excluding carboxylic acids is 1. The molecular weight excluding hydrogens is 316 g/mol. The molecule has 1 rings (SSSR count). The van der Waals surface area contributed by atoms with Gasteiger partial charge in [-0.15, -0.1) is 0 Å². The molecule has 0 aromatic carbocycles. The smallest absolute Gasteiger partial charge is 0.268 e. The predicted octanol–water partition coefficient (Wildman–Crippen LogP) is 1.98. The summed E-state index contributed by atoms with van der Waals surface area (Å²) in [5.74, 6) is -0.345. The number of aryl methyl sites for hydroxylation is 1. The van der Waals surface area contributed by atoms with Gasteiger partial charge < -0.3 is 14.6 Å². The van der Waals surface area contributed by atoms with Gasteiger partial charge >= 0.3 is 0 Å². The second-order valence-corrected chi connectivity index (χ2v) is 7.43. The molecule has 0 bridgehead atoms. The second-order valence-electron chi connectivity index (χ2n) is 4.87. The third kappa shape index (κ3) is 5.68. The van der Waals surface area contributed by atoms with E-state index in [-0.39, 0.29) is 22.6 Å². The van der Waals surface area contributed by atoms with E-state index in [9.17, 15) is 13.2 Å². The predicted molar refractivity (Wildman–Crippen MR) is 81.2 cm³/mol. The van der Waals surface area contributed by atoms with Gasteiger partial charge in [0.2, 0.25) is 0 Å². The summed E-state index contributed by atoms with van der Waals surface area (Å²) in [5.41, 5.74) is 0.278. The summed E-state index contributed by atoms with van der Waals surface area (Å²) < 4.78 is 29.6. The number of nitrogens with zero attached hydrogens (tertiary/aromatic N) is 1. The Labute approximate surface area is 129 Å². The second kappa shape index (κ2) is 7.82. The average Bonchev–Trinajstić information content (AvgIpc) is 2.78. The largest absolute Gasteiger partial charge is 0.377 e. The number of nitrogens with one attached hydrogen (secondary N) is 1. The summed E-state index contributed by atoms with van der Waals surface area (Å²) in [6.45, 7) is 7.05. The third-order valence-corrected chi connectivity index (χ3v) is 4.01. The lowest BCUT2D eigenvalue weighted by Crippen LogP contribution is -2.29. The normalized spacial score (nSPS) is 11.9. The maximum atomic E-state index is 12.1. The van der Waals surface area contributed by atoms with E-state index < -0.39 is 9.05 Å². The van der Waals surface area contributed by atoms with Crippen molar-refractivity contribution >= 4 is 25.6 Å². The molecule has 8 heteroatoms. The minimum Gasteiger partial charge on any atom is -0.377 e. The van der Waals surface area contributed by atoms with Crippen LogP contribution in [0.5, 0.6) is 0 Å². The number of rotatable bonds is 8. The number of halogens is 1. The maximum Gasteiger partial charge on any atom is 0.268 e. The third-order valence-electron chi connectivity index (χ3n) is 2.69. The first-order valence-corrected chi connectivity index (χ1v) is 9.11. The highest BCUT2D eigenvalue weighted by Crippen LogP contribution is 2.19. The van der Waals surface area contributed by atoms with E-state index in [1.165, 1.54) is 12.3 Å². The highest BCUT2D eigenvalue weighted by atomic mass is 35.7. The lowest BCUT2D eigenvalue weighted by atomic mass is 10.3. The minimum atomic E-state index is -3.85. The van der Waals surface area contributed by atoms with Crippen LogP contribution in [0.1, 0.15) is 37.7 Å². The van der Waals surface area contributed by atoms with Crippen molar-refractivity contribution in [2.45, 2.75) is 44.7 Å². The van der Waals surface area contributed by atoms with Crippen molar-refractivity contribution < 1.29 is 17.9 Å². The van der Waals surface area contributed by atoms with Crippen LogP contribution in [0.15, 0.2) is 17.2 Å². The fourth-order valence-corrected chi connectivity index (χ4v) is 2.54. The summed E-state index contributed by atoms with van der Waals surface area (Å²) in [6, 6.07) is 1.29. The molecule has 0 aliphatic heterocycles. The van der Waals surface area contributed by atoms with Crippen LogP contribution in [-0.2, 0) is 20.3 Å². The molecule has 0 aliphatic rings. The first kappa shape index (κ1) is 18.0. The molecular formula is C13H21ClN2O4S. The topological polar surface area (TPSA) is 77.4 Å². The molecule has 1 N–H and O–H groups in total. The highest BCUT2D eigenvalue weighted by molar-refractivity contribution is 8.13. The SMILES string of the molecule is CCCn1cc(S(=O)(=O)Cl)cc1C(=O)NCCOC(C)C. The van der Waals surface area contributed by atoms with Crippen LogP contribution >= 0.6 is 10.7 Å². The van der Waals surface area contributed by atoms with E-state index in [1.54, 1.807) is 4.57 Å². The van der Waals surface area contributed by atoms with E-state index in [0.717, 1.165) is 6.42 Å². The lowest BCUT2D eigenvalue weighted by molar-refractivity contribution is 0.0743. The highest BCUT2D eigenvalue weighted by Gasteiger charge is 2.19. The van der Waals surface area contributed by atoms with E-state index in [2.05, 4.69) is 5.32 Å². The lowest BCUT2D eigenvalue weighted by Gasteiger charge is -2.10. The molecule has 21 heavy (non-hydrogen) atoms. The molecule has 6 nitrogen and oxygen atoms in total. The number of ether oxygens (including phenoxy) is 1. The average molecular weight is 337 g/mol. The van der Waals surface area contributed by atoms with Crippen molar-refractivity contribution in [2.24, 2.45) is 0 Å². The number of carbonyl (C=O) groups is 1. The van der Waals surface area contributed by atoms with E-state index in [1.807, 2.05) is 20.8 Å².